The maximum atomic E-state index is 12.7. The zero-order valence-electron chi connectivity index (χ0n) is 7.75. The second-order valence-electron chi connectivity index (χ2n) is 2.92. The van der Waals surface area contributed by atoms with Crippen molar-refractivity contribution in [3.05, 3.63) is 41.5 Å². The lowest BCUT2D eigenvalue weighted by Crippen LogP contribution is -1.86. The molecule has 1 heterocycles. The molecule has 2 rings (SSSR count). The van der Waals surface area contributed by atoms with Crippen LogP contribution >= 0.6 is 11.3 Å². The normalized spacial score (nSPS) is 10.1. The largest absolute Gasteiger partial charge is 0.379 e. The van der Waals surface area contributed by atoms with Gasteiger partial charge >= 0.3 is 0 Å². The van der Waals surface area contributed by atoms with E-state index >= 15 is 0 Å². The molecule has 0 bridgehead atoms. The fourth-order valence-electron chi connectivity index (χ4n) is 1.36. The molecule has 0 unspecified atom stereocenters. The first-order valence-electron chi connectivity index (χ1n) is 4.32. The molecular weight excluding hydrogens is 197 g/mol. The van der Waals surface area contributed by atoms with Crippen LogP contribution < -0.4 is 5.32 Å². The number of halogens is 1. The highest BCUT2D eigenvalue weighted by Gasteiger charge is 2.04. The monoisotopic (exact) mass is 207 g/mol. The van der Waals surface area contributed by atoms with Crippen LogP contribution in [0.2, 0.25) is 0 Å². The highest BCUT2D eigenvalue weighted by Crippen LogP contribution is 2.32. The first kappa shape index (κ1) is 9.21. The summed E-state index contributed by atoms with van der Waals surface area (Å²) in [6.07, 6.45) is 0. The summed E-state index contributed by atoms with van der Waals surface area (Å²) < 4.78 is 12.7. The maximum absolute atomic E-state index is 12.7. The number of benzene rings is 1. The van der Waals surface area contributed by atoms with Gasteiger partial charge in [0.15, 0.2) is 0 Å². The van der Waals surface area contributed by atoms with E-state index in [1.54, 1.807) is 23.5 Å². The molecule has 2 aromatic rings. The van der Waals surface area contributed by atoms with Crippen molar-refractivity contribution in [1.82, 2.24) is 0 Å². The van der Waals surface area contributed by atoms with Gasteiger partial charge < -0.3 is 5.32 Å². The van der Waals surface area contributed by atoms with Gasteiger partial charge in [0.2, 0.25) is 0 Å². The average molecular weight is 207 g/mol. The Morgan fingerprint density at radius 2 is 1.86 bits per heavy atom. The second kappa shape index (κ2) is 3.80. The first-order chi connectivity index (χ1) is 6.81. The zero-order valence-corrected chi connectivity index (χ0v) is 8.57. The predicted octanol–water partition coefficient (Wildman–Crippen LogP) is 3.60. The molecule has 0 aliphatic heterocycles. The number of hydrogen-bond donors (Lipinski definition) is 1. The summed E-state index contributed by atoms with van der Waals surface area (Å²) in [6, 6.07) is 8.57. The molecule has 14 heavy (non-hydrogen) atoms. The maximum Gasteiger partial charge on any atom is 0.123 e. The lowest BCUT2D eigenvalue weighted by Gasteiger charge is -2.02. The van der Waals surface area contributed by atoms with Crippen molar-refractivity contribution in [2.75, 3.05) is 12.4 Å². The Morgan fingerprint density at radius 1 is 1.14 bits per heavy atom. The quantitative estimate of drug-likeness (QED) is 0.793. The molecule has 0 fully saturated rings. The summed E-state index contributed by atoms with van der Waals surface area (Å²) in [7, 11) is 1.89. The highest BCUT2D eigenvalue weighted by atomic mass is 32.1. The van der Waals surface area contributed by atoms with E-state index in [1.165, 1.54) is 12.1 Å². The minimum Gasteiger partial charge on any atom is -0.379 e. The van der Waals surface area contributed by atoms with Crippen molar-refractivity contribution >= 4 is 16.3 Å². The van der Waals surface area contributed by atoms with Gasteiger partial charge in [-0.1, -0.05) is 12.1 Å². The van der Waals surface area contributed by atoms with Crippen LogP contribution in [0.1, 0.15) is 0 Å². The summed E-state index contributed by atoms with van der Waals surface area (Å²) in [5.74, 6) is -0.199. The first-order valence-corrected chi connectivity index (χ1v) is 5.20. The third-order valence-electron chi connectivity index (χ3n) is 2.05. The fraction of sp³-hybridized carbons (Fsp3) is 0.0909. The van der Waals surface area contributed by atoms with E-state index in [0.29, 0.717) is 0 Å². The minimum atomic E-state index is -0.199. The van der Waals surface area contributed by atoms with Crippen molar-refractivity contribution in [1.29, 1.82) is 0 Å². The minimum absolute atomic E-state index is 0.199. The lowest BCUT2D eigenvalue weighted by atomic mass is 10.1. The Kier molecular flexibility index (Phi) is 2.50. The third-order valence-corrected chi connectivity index (χ3v) is 2.98. The van der Waals surface area contributed by atoms with Crippen LogP contribution in [0.5, 0.6) is 0 Å². The molecular formula is C11H10FNS. The van der Waals surface area contributed by atoms with Crippen molar-refractivity contribution in [2.24, 2.45) is 0 Å². The highest BCUT2D eigenvalue weighted by molar-refractivity contribution is 7.14. The van der Waals surface area contributed by atoms with E-state index in [9.17, 15) is 4.39 Å². The standard InChI is InChI=1S/C11H10FNS/c1-13-11-10(6-7-14-11)8-2-4-9(12)5-3-8/h2-7,13H,1H3. The Bertz CT molecular complexity index is 419. The van der Waals surface area contributed by atoms with Gasteiger partial charge in [-0.2, -0.15) is 0 Å². The molecule has 0 saturated heterocycles. The smallest absolute Gasteiger partial charge is 0.123 e. The molecule has 72 valence electrons. The van der Waals surface area contributed by atoms with E-state index in [2.05, 4.69) is 5.32 Å². The molecule has 1 nitrogen and oxygen atoms in total. The van der Waals surface area contributed by atoms with Crippen LogP contribution in [0.15, 0.2) is 35.7 Å². The summed E-state index contributed by atoms with van der Waals surface area (Å²) in [6.45, 7) is 0. The van der Waals surface area contributed by atoms with Crippen molar-refractivity contribution in [3.63, 3.8) is 0 Å². The van der Waals surface area contributed by atoms with Gasteiger partial charge in [0, 0.05) is 12.6 Å². The third kappa shape index (κ3) is 1.63. The summed E-state index contributed by atoms with van der Waals surface area (Å²) in [5.41, 5.74) is 2.16. The molecule has 1 N–H and O–H groups in total. The Labute approximate surface area is 86.2 Å². The Morgan fingerprint density at radius 3 is 2.50 bits per heavy atom. The van der Waals surface area contributed by atoms with E-state index in [4.69, 9.17) is 0 Å². The predicted molar refractivity (Wildman–Crippen MR) is 59.3 cm³/mol. The lowest BCUT2D eigenvalue weighted by molar-refractivity contribution is 0.628. The van der Waals surface area contributed by atoms with E-state index < -0.39 is 0 Å². The van der Waals surface area contributed by atoms with Gasteiger partial charge in [-0.05, 0) is 29.1 Å². The number of thiophene rings is 1. The molecule has 3 heteroatoms. The van der Waals surface area contributed by atoms with E-state index in [0.717, 1.165) is 16.1 Å². The molecule has 0 amide bonds. The topological polar surface area (TPSA) is 12.0 Å². The van der Waals surface area contributed by atoms with E-state index in [-0.39, 0.29) is 5.82 Å². The molecule has 1 aromatic carbocycles. The van der Waals surface area contributed by atoms with Crippen molar-refractivity contribution < 1.29 is 4.39 Å². The summed E-state index contributed by atoms with van der Waals surface area (Å²) in [4.78, 5) is 0. The SMILES string of the molecule is CNc1sccc1-c1ccc(F)cc1. The van der Waals surface area contributed by atoms with Gasteiger partial charge in [-0.15, -0.1) is 11.3 Å². The van der Waals surface area contributed by atoms with Crippen LogP contribution in [-0.4, -0.2) is 7.05 Å². The van der Waals surface area contributed by atoms with Crippen molar-refractivity contribution in [2.45, 2.75) is 0 Å². The van der Waals surface area contributed by atoms with Crippen LogP contribution in [-0.2, 0) is 0 Å². The van der Waals surface area contributed by atoms with Gasteiger partial charge in [0.05, 0.1) is 5.00 Å². The number of anilines is 1. The van der Waals surface area contributed by atoms with Crippen LogP contribution in [0.3, 0.4) is 0 Å². The Hall–Kier alpha value is -1.35. The average Bonchev–Trinajstić information content (AvgIpc) is 2.67. The van der Waals surface area contributed by atoms with E-state index in [1.807, 2.05) is 18.5 Å². The Balaban J connectivity index is 2.44. The number of hydrogen-bond acceptors (Lipinski definition) is 2. The van der Waals surface area contributed by atoms with Crippen LogP contribution in [0.4, 0.5) is 9.39 Å². The molecule has 0 radical (unpaired) electrons. The summed E-state index contributed by atoms with van der Waals surface area (Å²) >= 11 is 1.64. The molecule has 1 aromatic heterocycles. The molecule has 0 aliphatic rings. The number of rotatable bonds is 2. The molecule has 0 atom stereocenters. The number of nitrogens with one attached hydrogen (secondary N) is 1. The van der Waals surface area contributed by atoms with Crippen LogP contribution in [0.25, 0.3) is 11.1 Å². The van der Waals surface area contributed by atoms with Gasteiger partial charge in [-0.25, -0.2) is 4.39 Å². The van der Waals surface area contributed by atoms with Gasteiger partial charge in [0.1, 0.15) is 5.82 Å². The van der Waals surface area contributed by atoms with Crippen LogP contribution in [0, 0.1) is 5.82 Å². The molecule has 0 aliphatic carbocycles. The molecule has 0 spiro atoms. The van der Waals surface area contributed by atoms with Gasteiger partial charge in [0.25, 0.3) is 0 Å². The van der Waals surface area contributed by atoms with Gasteiger partial charge in [-0.3, -0.25) is 0 Å². The molecule has 0 saturated carbocycles. The second-order valence-corrected chi connectivity index (χ2v) is 3.84. The van der Waals surface area contributed by atoms with Crippen molar-refractivity contribution in [3.8, 4) is 11.1 Å². The fourth-order valence-corrected chi connectivity index (χ4v) is 2.13. The zero-order chi connectivity index (χ0) is 9.97. The summed E-state index contributed by atoms with van der Waals surface area (Å²) in [5, 5.41) is 6.24.